The zero-order valence-electron chi connectivity index (χ0n) is 9.84. The molecule has 19 heavy (non-hydrogen) atoms. The van der Waals surface area contributed by atoms with Gasteiger partial charge in [-0.3, -0.25) is 0 Å². The summed E-state index contributed by atoms with van der Waals surface area (Å²) in [5, 5.41) is 0.753. The normalized spacial score (nSPS) is 12.5. The predicted octanol–water partition coefficient (Wildman–Crippen LogP) is 4.51. The Balaban J connectivity index is 2.22. The molecule has 0 heterocycles. The Kier molecular flexibility index (Phi) is 4.40. The van der Waals surface area contributed by atoms with Crippen LogP contribution in [0.15, 0.2) is 36.4 Å². The molecule has 0 aliphatic carbocycles. The van der Waals surface area contributed by atoms with E-state index < -0.39 is 17.7 Å². The molecule has 0 radical (unpaired) electrons. The zero-order chi connectivity index (χ0) is 14.0. The SMILES string of the molecule is NC(Cc1ccc(Cl)cc1)c1cc(F)c(F)cc1Cl. The topological polar surface area (TPSA) is 26.0 Å². The first kappa shape index (κ1) is 14.3. The van der Waals surface area contributed by atoms with Crippen molar-refractivity contribution < 1.29 is 8.78 Å². The van der Waals surface area contributed by atoms with Crippen molar-refractivity contribution in [3.63, 3.8) is 0 Å². The van der Waals surface area contributed by atoms with Crippen LogP contribution in [-0.2, 0) is 6.42 Å². The first-order valence-electron chi connectivity index (χ1n) is 5.62. The largest absolute Gasteiger partial charge is 0.324 e. The molecule has 0 spiro atoms. The van der Waals surface area contributed by atoms with E-state index in [2.05, 4.69) is 0 Å². The second kappa shape index (κ2) is 5.87. The first-order chi connectivity index (χ1) is 8.97. The van der Waals surface area contributed by atoms with E-state index in [4.69, 9.17) is 28.9 Å². The Bertz CT molecular complexity index is 585. The van der Waals surface area contributed by atoms with E-state index in [1.165, 1.54) is 0 Å². The third-order valence-corrected chi connectivity index (χ3v) is 3.39. The number of rotatable bonds is 3. The molecule has 1 atom stereocenters. The summed E-state index contributed by atoms with van der Waals surface area (Å²) in [6.45, 7) is 0. The van der Waals surface area contributed by atoms with E-state index in [9.17, 15) is 8.78 Å². The van der Waals surface area contributed by atoms with Gasteiger partial charge in [-0.05, 0) is 41.8 Å². The summed E-state index contributed by atoms with van der Waals surface area (Å²) in [6, 6.07) is 8.62. The fourth-order valence-electron chi connectivity index (χ4n) is 1.81. The molecule has 2 N–H and O–H groups in total. The number of benzene rings is 2. The highest BCUT2D eigenvalue weighted by Crippen LogP contribution is 2.27. The number of nitrogens with two attached hydrogens (primary N) is 1. The zero-order valence-corrected chi connectivity index (χ0v) is 11.3. The molecule has 2 rings (SSSR count). The lowest BCUT2D eigenvalue weighted by Gasteiger charge is -2.14. The van der Waals surface area contributed by atoms with Gasteiger partial charge in [0.1, 0.15) is 0 Å². The Morgan fingerprint density at radius 1 is 1.00 bits per heavy atom. The minimum absolute atomic E-state index is 0.125. The van der Waals surface area contributed by atoms with Crippen LogP contribution in [0.25, 0.3) is 0 Å². The summed E-state index contributed by atoms with van der Waals surface area (Å²) in [5.41, 5.74) is 7.31. The van der Waals surface area contributed by atoms with E-state index in [0.717, 1.165) is 17.7 Å². The lowest BCUT2D eigenvalue weighted by Crippen LogP contribution is -2.14. The highest BCUT2D eigenvalue weighted by molar-refractivity contribution is 6.31. The van der Waals surface area contributed by atoms with Gasteiger partial charge in [0, 0.05) is 16.1 Å². The van der Waals surface area contributed by atoms with Gasteiger partial charge in [0.25, 0.3) is 0 Å². The van der Waals surface area contributed by atoms with Gasteiger partial charge in [0.05, 0.1) is 0 Å². The molecular weight excluding hydrogens is 291 g/mol. The van der Waals surface area contributed by atoms with Crippen molar-refractivity contribution in [3.05, 3.63) is 69.2 Å². The Labute approximate surface area is 119 Å². The number of halogens is 4. The Morgan fingerprint density at radius 2 is 1.58 bits per heavy atom. The Morgan fingerprint density at radius 3 is 2.21 bits per heavy atom. The van der Waals surface area contributed by atoms with Crippen molar-refractivity contribution in [3.8, 4) is 0 Å². The maximum atomic E-state index is 13.2. The van der Waals surface area contributed by atoms with Gasteiger partial charge in [0.2, 0.25) is 0 Å². The van der Waals surface area contributed by atoms with Crippen molar-refractivity contribution in [1.82, 2.24) is 0 Å². The monoisotopic (exact) mass is 301 g/mol. The average molecular weight is 302 g/mol. The minimum atomic E-state index is -0.979. The van der Waals surface area contributed by atoms with Crippen LogP contribution in [0.4, 0.5) is 8.78 Å². The summed E-state index contributed by atoms with van der Waals surface area (Å²) in [5.74, 6) is -1.93. The quantitative estimate of drug-likeness (QED) is 0.829. The van der Waals surface area contributed by atoms with Crippen LogP contribution in [0.3, 0.4) is 0 Å². The molecule has 2 aromatic rings. The molecular formula is C14H11Cl2F2N. The molecule has 1 nitrogen and oxygen atoms in total. The molecule has 0 aromatic heterocycles. The first-order valence-corrected chi connectivity index (χ1v) is 6.37. The van der Waals surface area contributed by atoms with Crippen LogP contribution >= 0.6 is 23.2 Å². The van der Waals surface area contributed by atoms with Gasteiger partial charge < -0.3 is 5.73 Å². The maximum absolute atomic E-state index is 13.2. The molecule has 2 aromatic carbocycles. The van der Waals surface area contributed by atoms with E-state index in [0.29, 0.717) is 17.0 Å². The van der Waals surface area contributed by atoms with Gasteiger partial charge in [-0.15, -0.1) is 0 Å². The van der Waals surface area contributed by atoms with E-state index in [-0.39, 0.29) is 5.02 Å². The van der Waals surface area contributed by atoms with Gasteiger partial charge in [-0.2, -0.15) is 0 Å². The molecule has 100 valence electrons. The van der Waals surface area contributed by atoms with E-state index in [1.807, 2.05) is 12.1 Å². The molecule has 1 unspecified atom stereocenters. The smallest absolute Gasteiger partial charge is 0.160 e. The number of hydrogen-bond acceptors (Lipinski definition) is 1. The van der Waals surface area contributed by atoms with Gasteiger partial charge in [-0.25, -0.2) is 8.78 Å². The van der Waals surface area contributed by atoms with Crippen LogP contribution in [0.2, 0.25) is 10.0 Å². The third-order valence-electron chi connectivity index (χ3n) is 2.81. The average Bonchev–Trinajstić information content (AvgIpc) is 2.36. The van der Waals surface area contributed by atoms with Crippen LogP contribution in [0, 0.1) is 11.6 Å². The van der Waals surface area contributed by atoms with Crippen molar-refractivity contribution in [1.29, 1.82) is 0 Å². The number of hydrogen-bond donors (Lipinski definition) is 1. The molecule has 0 saturated carbocycles. The fourth-order valence-corrected chi connectivity index (χ4v) is 2.22. The molecule has 0 saturated heterocycles. The summed E-state index contributed by atoms with van der Waals surface area (Å²) in [4.78, 5) is 0. The highest BCUT2D eigenvalue weighted by atomic mass is 35.5. The van der Waals surface area contributed by atoms with Crippen molar-refractivity contribution in [2.75, 3.05) is 0 Å². The molecule has 0 aliphatic heterocycles. The van der Waals surface area contributed by atoms with E-state index in [1.54, 1.807) is 12.1 Å². The third kappa shape index (κ3) is 3.44. The van der Waals surface area contributed by atoms with Crippen molar-refractivity contribution >= 4 is 23.2 Å². The van der Waals surface area contributed by atoms with Crippen LogP contribution < -0.4 is 5.73 Å². The van der Waals surface area contributed by atoms with Crippen molar-refractivity contribution in [2.24, 2.45) is 5.73 Å². The van der Waals surface area contributed by atoms with Crippen molar-refractivity contribution in [2.45, 2.75) is 12.5 Å². The van der Waals surface area contributed by atoms with Crippen LogP contribution in [0.5, 0.6) is 0 Å². The lowest BCUT2D eigenvalue weighted by molar-refractivity contribution is 0.505. The standard InChI is InChI=1S/C14H11Cl2F2N/c15-9-3-1-8(2-4-9)5-14(19)10-6-12(17)13(18)7-11(10)16/h1-4,6-7,14H,5,19H2. The fraction of sp³-hybridized carbons (Fsp3) is 0.143. The Hall–Kier alpha value is -1.16. The summed E-state index contributed by atoms with van der Waals surface area (Å²) in [6.07, 6.45) is 0.460. The molecule has 0 aliphatic rings. The summed E-state index contributed by atoms with van der Waals surface area (Å²) in [7, 11) is 0. The maximum Gasteiger partial charge on any atom is 0.160 e. The second-order valence-electron chi connectivity index (χ2n) is 4.22. The van der Waals surface area contributed by atoms with Gasteiger partial charge in [-0.1, -0.05) is 35.3 Å². The minimum Gasteiger partial charge on any atom is -0.324 e. The molecule has 0 bridgehead atoms. The predicted molar refractivity (Wildman–Crippen MR) is 73.5 cm³/mol. The molecule has 0 amide bonds. The van der Waals surface area contributed by atoms with Gasteiger partial charge in [0.15, 0.2) is 11.6 Å². The lowest BCUT2D eigenvalue weighted by atomic mass is 9.99. The summed E-state index contributed by atoms with van der Waals surface area (Å²) < 4.78 is 26.2. The van der Waals surface area contributed by atoms with Crippen LogP contribution in [0.1, 0.15) is 17.2 Å². The van der Waals surface area contributed by atoms with Crippen LogP contribution in [-0.4, -0.2) is 0 Å². The summed E-state index contributed by atoms with van der Waals surface area (Å²) >= 11 is 11.7. The second-order valence-corrected chi connectivity index (χ2v) is 5.07. The van der Waals surface area contributed by atoms with Gasteiger partial charge >= 0.3 is 0 Å². The molecule has 5 heteroatoms. The highest BCUT2D eigenvalue weighted by Gasteiger charge is 2.15. The van der Waals surface area contributed by atoms with E-state index >= 15 is 0 Å². The molecule has 0 fully saturated rings.